The van der Waals surface area contributed by atoms with E-state index in [1.165, 1.54) is 4.31 Å². The highest BCUT2D eigenvalue weighted by molar-refractivity contribution is 7.86. The van der Waals surface area contributed by atoms with Gasteiger partial charge in [0.15, 0.2) is 0 Å². The second kappa shape index (κ2) is 9.02. The summed E-state index contributed by atoms with van der Waals surface area (Å²) in [5.41, 5.74) is 0. The van der Waals surface area contributed by atoms with E-state index in [4.69, 9.17) is 19.3 Å². The Balaban J connectivity index is 1.66. The Kier molecular flexibility index (Phi) is 7.03. The average molecular weight is 372 g/mol. The highest BCUT2D eigenvalue weighted by Gasteiger charge is 2.30. The summed E-state index contributed by atoms with van der Waals surface area (Å²) in [5.74, 6) is 0.806. The second-order valence-electron chi connectivity index (χ2n) is 5.64. The number of carbonyl (C=O) groups is 1. The maximum Gasteiger partial charge on any atom is 0.309 e. The lowest BCUT2D eigenvalue weighted by Crippen LogP contribution is -2.43. The predicted octanol–water partition coefficient (Wildman–Crippen LogP) is 0.923. The van der Waals surface area contributed by atoms with Crippen molar-refractivity contribution in [2.75, 3.05) is 32.9 Å². The summed E-state index contributed by atoms with van der Waals surface area (Å²) < 4.78 is 39.7. The molecule has 0 aromatic heterocycles. The zero-order chi connectivity index (χ0) is 18.3. The van der Waals surface area contributed by atoms with Crippen LogP contribution in [0, 0.1) is 5.92 Å². The van der Waals surface area contributed by atoms with Crippen molar-refractivity contribution in [1.29, 1.82) is 0 Å². The SMILES string of the molecule is CCOc1ccc(OCCOC(=O)C2CCN(S(N)(=O)=O)CC2)cc1. The molecule has 0 unspecified atom stereocenters. The van der Waals surface area contributed by atoms with Crippen molar-refractivity contribution in [2.45, 2.75) is 19.8 Å². The fourth-order valence-corrected chi connectivity index (χ4v) is 3.28. The molecule has 0 spiro atoms. The van der Waals surface area contributed by atoms with Gasteiger partial charge >= 0.3 is 5.97 Å². The summed E-state index contributed by atoms with van der Waals surface area (Å²) >= 11 is 0. The van der Waals surface area contributed by atoms with E-state index in [0.717, 1.165) is 5.75 Å². The van der Waals surface area contributed by atoms with Crippen LogP contribution in [-0.4, -0.2) is 51.6 Å². The topological polar surface area (TPSA) is 108 Å². The summed E-state index contributed by atoms with van der Waals surface area (Å²) in [6, 6.07) is 7.19. The molecule has 140 valence electrons. The third kappa shape index (κ3) is 6.18. The summed E-state index contributed by atoms with van der Waals surface area (Å²) in [6.45, 7) is 3.38. The van der Waals surface area contributed by atoms with Crippen LogP contribution in [0.1, 0.15) is 19.8 Å². The minimum absolute atomic E-state index is 0.140. The van der Waals surface area contributed by atoms with Crippen LogP contribution in [0.25, 0.3) is 0 Å². The second-order valence-corrected chi connectivity index (χ2v) is 7.18. The summed E-state index contributed by atoms with van der Waals surface area (Å²) in [7, 11) is -3.68. The van der Waals surface area contributed by atoms with Gasteiger partial charge in [0.2, 0.25) is 0 Å². The van der Waals surface area contributed by atoms with Gasteiger partial charge < -0.3 is 14.2 Å². The lowest BCUT2D eigenvalue weighted by molar-refractivity contribution is -0.150. The number of rotatable bonds is 8. The van der Waals surface area contributed by atoms with Crippen molar-refractivity contribution in [3.05, 3.63) is 24.3 Å². The van der Waals surface area contributed by atoms with Gasteiger partial charge in [-0.15, -0.1) is 0 Å². The molecule has 0 saturated carbocycles. The molecule has 1 aliphatic heterocycles. The molecule has 1 saturated heterocycles. The van der Waals surface area contributed by atoms with Gasteiger partial charge in [0.25, 0.3) is 10.2 Å². The molecule has 0 bridgehead atoms. The molecule has 0 aliphatic carbocycles. The number of esters is 1. The number of piperidine rings is 1. The number of carbonyl (C=O) groups excluding carboxylic acids is 1. The Morgan fingerprint density at radius 1 is 1.12 bits per heavy atom. The van der Waals surface area contributed by atoms with Gasteiger partial charge in [-0.1, -0.05) is 0 Å². The number of nitrogens with two attached hydrogens (primary N) is 1. The quantitative estimate of drug-likeness (QED) is 0.537. The zero-order valence-electron chi connectivity index (χ0n) is 14.2. The molecule has 8 nitrogen and oxygen atoms in total. The molecule has 1 aromatic rings. The number of ether oxygens (including phenoxy) is 3. The molecule has 9 heteroatoms. The van der Waals surface area contributed by atoms with Gasteiger partial charge in [-0.3, -0.25) is 4.79 Å². The Bertz CT molecular complexity index is 654. The highest BCUT2D eigenvalue weighted by atomic mass is 32.2. The van der Waals surface area contributed by atoms with Crippen molar-refractivity contribution >= 4 is 16.2 Å². The first-order valence-electron chi connectivity index (χ1n) is 8.20. The van der Waals surface area contributed by atoms with E-state index in [1.54, 1.807) is 12.1 Å². The molecule has 2 N–H and O–H groups in total. The monoisotopic (exact) mass is 372 g/mol. The minimum atomic E-state index is -3.68. The number of benzene rings is 1. The zero-order valence-corrected chi connectivity index (χ0v) is 15.0. The van der Waals surface area contributed by atoms with Crippen LogP contribution in [0.3, 0.4) is 0 Å². The van der Waals surface area contributed by atoms with Gasteiger partial charge in [-0.05, 0) is 44.0 Å². The van der Waals surface area contributed by atoms with Crippen LogP contribution >= 0.6 is 0 Å². The van der Waals surface area contributed by atoms with Gasteiger partial charge in [-0.25, -0.2) is 5.14 Å². The molecule has 2 rings (SSSR count). The Hall–Kier alpha value is -1.84. The van der Waals surface area contributed by atoms with Crippen LogP contribution in [0.2, 0.25) is 0 Å². The van der Waals surface area contributed by atoms with Crippen molar-refractivity contribution in [3.8, 4) is 11.5 Å². The first-order chi connectivity index (χ1) is 11.9. The standard InChI is InChI=1S/C16H24N2O6S/c1-2-22-14-3-5-15(6-4-14)23-11-12-24-16(19)13-7-9-18(10-8-13)25(17,20)21/h3-6,13H,2,7-12H2,1H3,(H2,17,20,21). The molecule has 1 heterocycles. The molecule has 0 radical (unpaired) electrons. The predicted molar refractivity (Wildman–Crippen MR) is 91.5 cm³/mol. The van der Waals surface area contributed by atoms with Crippen LogP contribution in [0.5, 0.6) is 11.5 Å². The van der Waals surface area contributed by atoms with Crippen molar-refractivity contribution < 1.29 is 27.4 Å². The number of nitrogens with zero attached hydrogens (tertiary/aromatic N) is 1. The van der Waals surface area contributed by atoms with E-state index < -0.39 is 10.2 Å². The Morgan fingerprint density at radius 3 is 2.20 bits per heavy atom. The van der Waals surface area contributed by atoms with Crippen molar-refractivity contribution in [3.63, 3.8) is 0 Å². The smallest absolute Gasteiger partial charge is 0.309 e. The molecule has 0 atom stereocenters. The lowest BCUT2D eigenvalue weighted by atomic mass is 9.98. The number of hydrogen-bond donors (Lipinski definition) is 1. The maximum absolute atomic E-state index is 12.0. The van der Waals surface area contributed by atoms with Crippen molar-refractivity contribution in [1.82, 2.24) is 4.31 Å². The lowest BCUT2D eigenvalue weighted by Gasteiger charge is -2.28. The molecular formula is C16H24N2O6S. The maximum atomic E-state index is 12.0. The van der Waals surface area contributed by atoms with Crippen LogP contribution in [0.4, 0.5) is 0 Å². The fraction of sp³-hybridized carbons (Fsp3) is 0.562. The minimum Gasteiger partial charge on any atom is -0.494 e. The van der Waals surface area contributed by atoms with Crippen LogP contribution < -0.4 is 14.6 Å². The summed E-state index contributed by atoms with van der Waals surface area (Å²) in [6.07, 6.45) is 0.823. The fourth-order valence-electron chi connectivity index (χ4n) is 2.56. The molecule has 0 amide bonds. The largest absolute Gasteiger partial charge is 0.494 e. The molecule has 1 fully saturated rings. The van der Waals surface area contributed by atoms with E-state index in [-0.39, 0.29) is 38.2 Å². The Labute approximate surface area is 148 Å². The van der Waals surface area contributed by atoms with E-state index in [1.807, 2.05) is 19.1 Å². The summed E-state index contributed by atoms with van der Waals surface area (Å²) in [4.78, 5) is 12.0. The third-order valence-electron chi connectivity index (χ3n) is 3.88. The first-order valence-corrected chi connectivity index (χ1v) is 9.70. The summed E-state index contributed by atoms with van der Waals surface area (Å²) in [5, 5.41) is 5.07. The van der Waals surface area contributed by atoms with Crippen molar-refractivity contribution in [2.24, 2.45) is 11.1 Å². The average Bonchev–Trinajstić information content (AvgIpc) is 2.59. The van der Waals surface area contributed by atoms with E-state index in [2.05, 4.69) is 0 Å². The normalized spacial score (nSPS) is 16.4. The highest BCUT2D eigenvalue weighted by Crippen LogP contribution is 2.20. The van der Waals surface area contributed by atoms with Gasteiger partial charge in [-0.2, -0.15) is 12.7 Å². The van der Waals surface area contributed by atoms with Gasteiger partial charge in [0.1, 0.15) is 24.7 Å². The molecular weight excluding hydrogens is 348 g/mol. The van der Waals surface area contributed by atoms with E-state index >= 15 is 0 Å². The van der Waals surface area contributed by atoms with E-state index in [0.29, 0.717) is 25.2 Å². The van der Waals surface area contributed by atoms with E-state index in [9.17, 15) is 13.2 Å². The molecule has 25 heavy (non-hydrogen) atoms. The molecule has 1 aliphatic rings. The van der Waals surface area contributed by atoms with Gasteiger partial charge in [0, 0.05) is 13.1 Å². The van der Waals surface area contributed by atoms with Crippen LogP contribution in [0.15, 0.2) is 24.3 Å². The first kappa shape index (κ1) is 19.5. The number of hydrogen-bond acceptors (Lipinski definition) is 6. The third-order valence-corrected chi connectivity index (χ3v) is 4.96. The van der Waals surface area contributed by atoms with Crippen LogP contribution in [-0.2, 0) is 19.7 Å². The molecule has 1 aromatic carbocycles. The van der Waals surface area contributed by atoms with Gasteiger partial charge in [0.05, 0.1) is 12.5 Å². The Morgan fingerprint density at radius 2 is 1.68 bits per heavy atom.